The highest BCUT2D eigenvalue weighted by atomic mass is 32.1. The van der Waals surface area contributed by atoms with Crippen LogP contribution >= 0.6 is 12.6 Å². The molecule has 0 aliphatic rings. The number of carbonyl (C=O) groups excluding carboxylic acids is 1. The number of benzene rings is 1. The number of rotatable bonds is 6. The van der Waals surface area contributed by atoms with Crippen molar-refractivity contribution in [2.75, 3.05) is 19.8 Å². The summed E-state index contributed by atoms with van der Waals surface area (Å²) in [7, 11) is 0. The number of hydrogen-bond acceptors (Lipinski definition) is 3. The van der Waals surface area contributed by atoms with E-state index in [1.807, 2.05) is 13.8 Å². The van der Waals surface area contributed by atoms with E-state index in [1.54, 1.807) is 0 Å². The third-order valence-electron chi connectivity index (χ3n) is 2.18. The van der Waals surface area contributed by atoms with Crippen LogP contribution in [0.5, 0.6) is 0 Å². The molecule has 1 aromatic rings. The topological polar surface area (TPSA) is 38.3 Å². The summed E-state index contributed by atoms with van der Waals surface area (Å²) in [4.78, 5) is 12.2. The fourth-order valence-corrected chi connectivity index (χ4v) is 1.54. The molecule has 0 aliphatic heterocycles. The fourth-order valence-electron chi connectivity index (χ4n) is 1.34. The van der Waals surface area contributed by atoms with Gasteiger partial charge in [-0.25, -0.2) is 4.39 Å². The summed E-state index contributed by atoms with van der Waals surface area (Å²) in [5.41, 5.74) is 0.00589. The van der Waals surface area contributed by atoms with Crippen LogP contribution in [-0.2, 0) is 4.74 Å². The molecule has 0 aliphatic carbocycles. The van der Waals surface area contributed by atoms with Crippen LogP contribution in [0.15, 0.2) is 23.1 Å². The third kappa shape index (κ3) is 5.06. The van der Waals surface area contributed by atoms with Crippen LogP contribution < -0.4 is 5.32 Å². The minimum absolute atomic E-state index is 0.00589. The van der Waals surface area contributed by atoms with Crippen LogP contribution in [0.25, 0.3) is 0 Å². The second-order valence-corrected chi connectivity index (χ2v) is 4.91. The number of carbonyl (C=O) groups is 1. The maximum absolute atomic E-state index is 13.4. The number of nitrogens with one attached hydrogen (secondary N) is 1. The molecule has 0 atom stereocenters. The van der Waals surface area contributed by atoms with E-state index in [4.69, 9.17) is 4.74 Å². The predicted molar refractivity (Wildman–Crippen MR) is 71.6 cm³/mol. The molecule has 1 aromatic carbocycles. The molecule has 1 rings (SSSR count). The van der Waals surface area contributed by atoms with Gasteiger partial charge in [-0.1, -0.05) is 13.8 Å². The molecule has 0 spiro atoms. The fraction of sp³-hybridized carbons (Fsp3) is 0.462. The lowest BCUT2D eigenvalue weighted by atomic mass is 10.2. The molecule has 0 fully saturated rings. The Morgan fingerprint density at radius 1 is 1.50 bits per heavy atom. The van der Waals surface area contributed by atoms with Gasteiger partial charge in [0, 0.05) is 18.0 Å². The van der Waals surface area contributed by atoms with Crippen molar-refractivity contribution in [3.63, 3.8) is 0 Å². The summed E-state index contributed by atoms with van der Waals surface area (Å²) < 4.78 is 18.7. The van der Waals surface area contributed by atoms with E-state index in [9.17, 15) is 9.18 Å². The van der Waals surface area contributed by atoms with Crippen molar-refractivity contribution >= 4 is 18.5 Å². The summed E-state index contributed by atoms with van der Waals surface area (Å²) in [5, 5.41) is 2.60. The zero-order chi connectivity index (χ0) is 13.5. The van der Waals surface area contributed by atoms with Gasteiger partial charge >= 0.3 is 0 Å². The Bertz CT molecular complexity index is 410. The first kappa shape index (κ1) is 15.0. The SMILES string of the molecule is CC(C)COCCNC(=O)c1cc(S)ccc1F. The van der Waals surface area contributed by atoms with Crippen LogP contribution in [0.3, 0.4) is 0 Å². The monoisotopic (exact) mass is 271 g/mol. The molecule has 0 heterocycles. The molecule has 0 aromatic heterocycles. The lowest BCUT2D eigenvalue weighted by Crippen LogP contribution is -2.28. The molecule has 1 amide bonds. The van der Waals surface area contributed by atoms with Crippen molar-refractivity contribution in [1.82, 2.24) is 5.32 Å². The molecular weight excluding hydrogens is 253 g/mol. The minimum atomic E-state index is -0.548. The third-order valence-corrected chi connectivity index (χ3v) is 2.46. The van der Waals surface area contributed by atoms with Crippen molar-refractivity contribution in [1.29, 1.82) is 0 Å². The molecule has 1 N–H and O–H groups in total. The molecule has 0 saturated carbocycles. The summed E-state index contributed by atoms with van der Waals surface area (Å²) in [6, 6.07) is 4.14. The number of hydrogen-bond donors (Lipinski definition) is 2. The Morgan fingerprint density at radius 2 is 2.22 bits per heavy atom. The summed E-state index contributed by atoms with van der Waals surface area (Å²) >= 11 is 4.07. The number of halogens is 1. The van der Waals surface area contributed by atoms with Gasteiger partial charge < -0.3 is 10.1 Å². The van der Waals surface area contributed by atoms with E-state index in [0.29, 0.717) is 30.6 Å². The smallest absolute Gasteiger partial charge is 0.254 e. The Morgan fingerprint density at radius 3 is 2.89 bits per heavy atom. The number of ether oxygens (including phenoxy) is 1. The molecule has 3 nitrogen and oxygen atoms in total. The molecule has 5 heteroatoms. The Hall–Kier alpha value is -1.07. The van der Waals surface area contributed by atoms with E-state index >= 15 is 0 Å². The average Bonchev–Trinajstić information content (AvgIpc) is 2.31. The zero-order valence-electron chi connectivity index (χ0n) is 10.6. The molecule has 18 heavy (non-hydrogen) atoms. The Balaban J connectivity index is 2.39. The van der Waals surface area contributed by atoms with Gasteiger partial charge in [-0.2, -0.15) is 0 Å². The van der Waals surface area contributed by atoms with E-state index in [-0.39, 0.29) is 5.56 Å². The molecule has 0 radical (unpaired) electrons. The van der Waals surface area contributed by atoms with Crippen molar-refractivity contribution < 1.29 is 13.9 Å². The average molecular weight is 271 g/mol. The predicted octanol–water partition coefficient (Wildman–Crippen LogP) is 2.52. The highest BCUT2D eigenvalue weighted by Gasteiger charge is 2.11. The standard InChI is InChI=1S/C13H18FNO2S/c1-9(2)8-17-6-5-15-13(16)11-7-10(18)3-4-12(11)14/h3-4,7,9,18H,5-6,8H2,1-2H3,(H,15,16). The lowest BCUT2D eigenvalue weighted by molar-refractivity contribution is 0.0882. The van der Waals surface area contributed by atoms with E-state index in [1.165, 1.54) is 18.2 Å². The van der Waals surface area contributed by atoms with Crippen LogP contribution in [-0.4, -0.2) is 25.7 Å². The van der Waals surface area contributed by atoms with Gasteiger partial charge in [0.25, 0.3) is 5.91 Å². The maximum Gasteiger partial charge on any atom is 0.254 e. The summed E-state index contributed by atoms with van der Waals surface area (Å²) in [6.07, 6.45) is 0. The second-order valence-electron chi connectivity index (χ2n) is 4.39. The first-order valence-corrected chi connectivity index (χ1v) is 6.30. The van der Waals surface area contributed by atoms with Gasteiger partial charge in [0.2, 0.25) is 0 Å². The highest BCUT2D eigenvalue weighted by Crippen LogP contribution is 2.13. The molecule has 0 unspecified atom stereocenters. The first-order valence-electron chi connectivity index (χ1n) is 5.85. The first-order chi connectivity index (χ1) is 8.50. The van der Waals surface area contributed by atoms with Gasteiger partial charge in [0.1, 0.15) is 5.82 Å². The molecule has 0 saturated heterocycles. The van der Waals surface area contributed by atoms with Gasteiger partial charge in [-0.15, -0.1) is 12.6 Å². The van der Waals surface area contributed by atoms with Crippen molar-refractivity contribution in [2.24, 2.45) is 5.92 Å². The molecular formula is C13H18FNO2S. The van der Waals surface area contributed by atoms with Crippen molar-refractivity contribution in [2.45, 2.75) is 18.7 Å². The highest BCUT2D eigenvalue weighted by molar-refractivity contribution is 7.80. The van der Waals surface area contributed by atoms with E-state index in [0.717, 1.165) is 0 Å². The van der Waals surface area contributed by atoms with Crippen LogP contribution in [0, 0.1) is 11.7 Å². The number of thiol groups is 1. The van der Waals surface area contributed by atoms with Gasteiger partial charge in [-0.3, -0.25) is 4.79 Å². The van der Waals surface area contributed by atoms with Crippen molar-refractivity contribution in [3.05, 3.63) is 29.6 Å². The Labute approximate surface area is 112 Å². The van der Waals surface area contributed by atoms with Gasteiger partial charge in [-0.05, 0) is 24.1 Å². The summed E-state index contributed by atoms with van der Waals surface area (Å²) in [5.74, 6) is -0.538. The maximum atomic E-state index is 13.4. The zero-order valence-corrected chi connectivity index (χ0v) is 11.5. The Kier molecular flexibility index (Phi) is 6.15. The van der Waals surface area contributed by atoms with Gasteiger partial charge in [0.15, 0.2) is 0 Å². The summed E-state index contributed by atoms with van der Waals surface area (Å²) in [6.45, 7) is 5.53. The molecule has 0 bridgehead atoms. The largest absolute Gasteiger partial charge is 0.379 e. The van der Waals surface area contributed by atoms with Gasteiger partial charge in [0.05, 0.1) is 12.2 Å². The minimum Gasteiger partial charge on any atom is -0.379 e. The quantitative estimate of drug-likeness (QED) is 0.616. The van der Waals surface area contributed by atoms with Crippen LogP contribution in [0.2, 0.25) is 0 Å². The van der Waals surface area contributed by atoms with Crippen molar-refractivity contribution in [3.8, 4) is 0 Å². The van der Waals surface area contributed by atoms with E-state index in [2.05, 4.69) is 17.9 Å². The molecule has 100 valence electrons. The second kappa shape index (κ2) is 7.38. The van der Waals surface area contributed by atoms with Crippen LogP contribution in [0.4, 0.5) is 4.39 Å². The number of amides is 1. The van der Waals surface area contributed by atoms with Crippen LogP contribution in [0.1, 0.15) is 24.2 Å². The van der Waals surface area contributed by atoms with E-state index < -0.39 is 11.7 Å². The normalized spacial score (nSPS) is 10.7. The lowest BCUT2D eigenvalue weighted by Gasteiger charge is -2.08.